The summed E-state index contributed by atoms with van der Waals surface area (Å²) in [5.74, 6) is 0.872. The first-order valence-corrected chi connectivity index (χ1v) is 7.69. The Morgan fingerprint density at radius 2 is 2.00 bits per heavy atom. The van der Waals surface area contributed by atoms with Crippen molar-refractivity contribution in [3.8, 4) is 5.75 Å². The summed E-state index contributed by atoms with van der Waals surface area (Å²) in [7, 11) is 3.66. The van der Waals surface area contributed by atoms with Gasteiger partial charge in [0.25, 0.3) is 0 Å². The normalized spacial score (nSPS) is 11.0. The number of benzene rings is 2. The fourth-order valence-corrected chi connectivity index (χ4v) is 3.41. The first kappa shape index (κ1) is 14.0. The van der Waals surface area contributed by atoms with Gasteiger partial charge in [-0.15, -0.1) is 0 Å². The molecule has 4 heteroatoms. The van der Waals surface area contributed by atoms with E-state index < -0.39 is 0 Å². The van der Waals surface area contributed by atoms with Crippen LogP contribution in [0.2, 0.25) is 0 Å². The van der Waals surface area contributed by atoms with E-state index >= 15 is 0 Å². The predicted octanol–water partition coefficient (Wildman–Crippen LogP) is 4.05. The van der Waals surface area contributed by atoms with Crippen molar-refractivity contribution in [1.29, 1.82) is 0 Å². The van der Waals surface area contributed by atoms with E-state index in [1.165, 1.54) is 20.7 Å². The molecule has 3 nitrogen and oxygen atoms in total. The molecule has 0 aliphatic carbocycles. The van der Waals surface area contributed by atoms with Crippen LogP contribution in [0.25, 0.3) is 10.9 Å². The molecule has 0 aliphatic rings. The van der Waals surface area contributed by atoms with E-state index in [0.29, 0.717) is 0 Å². The van der Waals surface area contributed by atoms with Gasteiger partial charge in [0, 0.05) is 34.0 Å². The summed E-state index contributed by atoms with van der Waals surface area (Å²) in [6.45, 7) is 0.874. The maximum atomic E-state index is 5.27. The van der Waals surface area contributed by atoms with Gasteiger partial charge in [0.05, 0.1) is 12.6 Å². The first-order valence-electron chi connectivity index (χ1n) is 6.87. The molecule has 3 rings (SSSR count). The molecular weight excluding hydrogens is 280 g/mol. The molecule has 21 heavy (non-hydrogen) atoms. The van der Waals surface area contributed by atoms with Crippen LogP contribution in [-0.4, -0.2) is 19.1 Å². The van der Waals surface area contributed by atoms with Crippen LogP contribution in [0.15, 0.2) is 58.5 Å². The van der Waals surface area contributed by atoms with Crippen LogP contribution >= 0.6 is 11.8 Å². The van der Waals surface area contributed by atoms with Gasteiger partial charge in [0.15, 0.2) is 0 Å². The second kappa shape index (κ2) is 6.24. The van der Waals surface area contributed by atoms with Gasteiger partial charge in [0.1, 0.15) is 5.75 Å². The molecule has 0 aliphatic heterocycles. The molecule has 0 saturated carbocycles. The lowest BCUT2D eigenvalue weighted by atomic mass is 10.2. The third kappa shape index (κ3) is 2.91. The molecule has 0 bridgehead atoms. The van der Waals surface area contributed by atoms with E-state index in [0.717, 1.165) is 17.8 Å². The minimum atomic E-state index is 0.872. The Morgan fingerprint density at radius 3 is 2.81 bits per heavy atom. The summed E-state index contributed by atoms with van der Waals surface area (Å²) < 4.78 is 5.27. The average Bonchev–Trinajstić information content (AvgIpc) is 2.91. The Morgan fingerprint density at radius 1 is 1.14 bits per heavy atom. The van der Waals surface area contributed by atoms with Gasteiger partial charge in [-0.2, -0.15) is 0 Å². The van der Waals surface area contributed by atoms with Crippen molar-refractivity contribution in [3.05, 3.63) is 54.2 Å². The number of fused-ring (bicyclic) bond motifs is 1. The second-order valence-electron chi connectivity index (χ2n) is 4.80. The number of methoxy groups -OCH3 is 1. The van der Waals surface area contributed by atoms with E-state index in [1.807, 2.05) is 19.2 Å². The molecular formula is C17H18N2OS. The number of ether oxygens (including phenoxy) is 1. The Kier molecular flexibility index (Phi) is 4.18. The van der Waals surface area contributed by atoms with Gasteiger partial charge in [-0.25, -0.2) is 0 Å². The van der Waals surface area contributed by atoms with Crippen LogP contribution in [0.3, 0.4) is 0 Å². The van der Waals surface area contributed by atoms with Crippen molar-refractivity contribution in [2.75, 3.05) is 14.2 Å². The maximum absolute atomic E-state index is 5.27. The smallest absolute Gasteiger partial charge is 0.120 e. The Hall–Kier alpha value is -1.91. The van der Waals surface area contributed by atoms with E-state index in [9.17, 15) is 0 Å². The summed E-state index contributed by atoms with van der Waals surface area (Å²) in [5.41, 5.74) is 2.41. The van der Waals surface area contributed by atoms with Gasteiger partial charge in [-0.1, -0.05) is 30.0 Å². The third-order valence-electron chi connectivity index (χ3n) is 3.41. The monoisotopic (exact) mass is 298 g/mol. The SMILES string of the molecule is CNCc1ccccc1Sc1c[nH]c2cc(OC)ccc12. The Balaban J connectivity index is 1.95. The molecule has 2 N–H and O–H groups in total. The van der Waals surface area contributed by atoms with Gasteiger partial charge in [-0.3, -0.25) is 0 Å². The van der Waals surface area contributed by atoms with E-state index in [4.69, 9.17) is 4.74 Å². The summed E-state index contributed by atoms with van der Waals surface area (Å²) in [6, 6.07) is 14.6. The first-order chi connectivity index (χ1) is 10.3. The standard InChI is InChI=1S/C17H18N2OS/c1-18-10-12-5-3-4-6-16(12)21-17-11-19-15-9-13(20-2)7-8-14(15)17/h3-9,11,18-19H,10H2,1-2H3. The lowest BCUT2D eigenvalue weighted by molar-refractivity contribution is 0.415. The van der Waals surface area contributed by atoms with E-state index in [2.05, 4.69) is 46.8 Å². The molecule has 1 aromatic heterocycles. The zero-order chi connectivity index (χ0) is 14.7. The van der Waals surface area contributed by atoms with Gasteiger partial charge >= 0.3 is 0 Å². The highest BCUT2D eigenvalue weighted by Crippen LogP contribution is 2.36. The topological polar surface area (TPSA) is 37.0 Å². The van der Waals surface area contributed by atoms with Gasteiger partial charge in [-0.05, 0) is 30.8 Å². The molecule has 1 heterocycles. The van der Waals surface area contributed by atoms with Crippen LogP contribution in [0.1, 0.15) is 5.56 Å². The quantitative estimate of drug-likeness (QED) is 0.746. The fourth-order valence-electron chi connectivity index (χ4n) is 2.35. The number of H-pyrrole nitrogens is 1. The number of hydrogen-bond donors (Lipinski definition) is 2. The highest BCUT2D eigenvalue weighted by Gasteiger charge is 2.09. The molecule has 3 aromatic rings. The van der Waals surface area contributed by atoms with Crippen molar-refractivity contribution in [2.24, 2.45) is 0 Å². The highest BCUT2D eigenvalue weighted by molar-refractivity contribution is 7.99. The summed E-state index contributed by atoms with van der Waals surface area (Å²) in [6.07, 6.45) is 2.06. The zero-order valence-corrected chi connectivity index (χ0v) is 13.0. The highest BCUT2D eigenvalue weighted by atomic mass is 32.2. The number of aromatic nitrogens is 1. The molecule has 0 amide bonds. The zero-order valence-electron chi connectivity index (χ0n) is 12.1. The molecule has 108 valence electrons. The largest absolute Gasteiger partial charge is 0.497 e. The molecule has 0 fully saturated rings. The van der Waals surface area contributed by atoms with Crippen molar-refractivity contribution in [3.63, 3.8) is 0 Å². The summed E-state index contributed by atoms with van der Waals surface area (Å²) in [4.78, 5) is 5.83. The summed E-state index contributed by atoms with van der Waals surface area (Å²) >= 11 is 1.79. The lowest BCUT2D eigenvalue weighted by Crippen LogP contribution is -2.05. The number of aromatic amines is 1. The lowest BCUT2D eigenvalue weighted by Gasteiger charge is -2.08. The Labute approximate surface area is 128 Å². The van der Waals surface area contributed by atoms with Crippen molar-refractivity contribution >= 4 is 22.7 Å². The maximum Gasteiger partial charge on any atom is 0.120 e. The second-order valence-corrected chi connectivity index (χ2v) is 5.89. The minimum absolute atomic E-state index is 0.872. The fraction of sp³-hybridized carbons (Fsp3) is 0.176. The molecule has 0 saturated heterocycles. The van der Waals surface area contributed by atoms with Gasteiger partial charge < -0.3 is 15.0 Å². The van der Waals surface area contributed by atoms with Crippen molar-refractivity contribution in [1.82, 2.24) is 10.3 Å². The van der Waals surface area contributed by atoms with E-state index in [1.54, 1.807) is 18.9 Å². The van der Waals surface area contributed by atoms with Crippen LogP contribution in [0, 0.1) is 0 Å². The average molecular weight is 298 g/mol. The van der Waals surface area contributed by atoms with Crippen LogP contribution in [0.4, 0.5) is 0 Å². The van der Waals surface area contributed by atoms with Crippen LogP contribution < -0.4 is 10.1 Å². The number of hydrogen-bond acceptors (Lipinski definition) is 3. The molecule has 0 unspecified atom stereocenters. The summed E-state index contributed by atoms with van der Waals surface area (Å²) in [5, 5.41) is 4.44. The van der Waals surface area contributed by atoms with Crippen molar-refractivity contribution in [2.45, 2.75) is 16.3 Å². The Bertz CT molecular complexity index is 751. The van der Waals surface area contributed by atoms with Gasteiger partial charge in [0.2, 0.25) is 0 Å². The number of nitrogens with one attached hydrogen (secondary N) is 2. The molecule has 0 radical (unpaired) electrons. The number of rotatable bonds is 5. The molecule has 0 atom stereocenters. The molecule has 0 spiro atoms. The molecule has 2 aromatic carbocycles. The van der Waals surface area contributed by atoms with E-state index in [-0.39, 0.29) is 0 Å². The van der Waals surface area contributed by atoms with Crippen LogP contribution in [0.5, 0.6) is 5.75 Å². The van der Waals surface area contributed by atoms with Crippen molar-refractivity contribution < 1.29 is 4.74 Å². The third-order valence-corrected chi connectivity index (χ3v) is 4.59. The minimum Gasteiger partial charge on any atom is -0.497 e. The van der Waals surface area contributed by atoms with Crippen LogP contribution in [-0.2, 0) is 6.54 Å². The predicted molar refractivity (Wildman–Crippen MR) is 88.2 cm³/mol.